The van der Waals surface area contributed by atoms with Crippen LogP contribution in [0.3, 0.4) is 0 Å². The lowest BCUT2D eigenvalue weighted by Gasteiger charge is -2.33. The Morgan fingerprint density at radius 3 is 2.14 bits per heavy atom. The molecule has 0 aromatic heterocycles. The smallest absolute Gasteiger partial charge is 0.243 e. The average Bonchev–Trinajstić information content (AvgIpc) is 2.71. The summed E-state index contributed by atoms with van der Waals surface area (Å²) in [7, 11) is -3.39. The molecule has 1 N–H and O–H groups in total. The molecule has 0 bridgehead atoms. The molecule has 0 unspecified atom stereocenters. The van der Waals surface area contributed by atoms with Crippen LogP contribution in [0.4, 0.5) is 5.69 Å². The molecule has 2 aromatic rings. The van der Waals surface area contributed by atoms with E-state index in [2.05, 4.69) is 40.5 Å². The first-order valence-corrected chi connectivity index (χ1v) is 11.6. The fourth-order valence-electron chi connectivity index (χ4n) is 3.75. The Kier molecular flexibility index (Phi) is 7.10. The van der Waals surface area contributed by atoms with Gasteiger partial charge in [0, 0.05) is 44.5 Å². The quantitative estimate of drug-likeness (QED) is 0.731. The van der Waals surface area contributed by atoms with Gasteiger partial charge in [0.1, 0.15) is 0 Å². The molecule has 5 nitrogen and oxygen atoms in total. The van der Waals surface area contributed by atoms with E-state index in [1.807, 2.05) is 26.0 Å². The van der Waals surface area contributed by atoms with Crippen LogP contribution in [-0.4, -0.2) is 49.8 Å². The number of likely N-dealkylation sites (tertiary alicyclic amines) is 1. The van der Waals surface area contributed by atoms with E-state index in [4.69, 9.17) is 0 Å². The fraction of sp³-hybridized carbons (Fsp3) is 0.455. The first-order chi connectivity index (χ1) is 13.5. The number of hydrogen-bond donors (Lipinski definition) is 1. The van der Waals surface area contributed by atoms with Gasteiger partial charge in [-0.15, -0.1) is 0 Å². The van der Waals surface area contributed by atoms with Crippen LogP contribution in [0.1, 0.15) is 32.3 Å². The predicted molar refractivity (Wildman–Crippen MR) is 115 cm³/mol. The van der Waals surface area contributed by atoms with Gasteiger partial charge in [0.2, 0.25) is 10.0 Å². The van der Waals surface area contributed by atoms with Gasteiger partial charge in [0.25, 0.3) is 0 Å². The van der Waals surface area contributed by atoms with Crippen LogP contribution in [-0.2, 0) is 16.6 Å². The van der Waals surface area contributed by atoms with Crippen LogP contribution < -0.4 is 5.32 Å². The molecule has 152 valence electrons. The molecule has 1 heterocycles. The molecule has 0 saturated carbocycles. The molecule has 28 heavy (non-hydrogen) atoms. The highest BCUT2D eigenvalue weighted by atomic mass is 32.2. The van der Waals surface area contributed by atoms with E-state index in [1.54, 1.807) is 12.1 Å². The minimum atomic E-state index is -3.39. The second kappa shape index (κ2) is 9.54. The third-order valence-corrected chi connectivity index (χ3v) is 7.47. The zero-order valence-corrected chi connectivity index (χ0v) is 17.7. The van der Waals surface area contributed by atoms with Gasteiger partial charge >= 0.3 is 0 Å². The molecule has 0 atom stereocenters. The van der Waals surface area contributed by atoms with Crippen molar-refractivity contribution in [1.82, 2.24) is 9.21 Å². The number of nitrogens with zero attached hydrogens (tertiary/aromatic N) is 2. The second-order valence-corrected chi connectivity index (χ2v) is 9.23. The van der Waals surface area contributed by atoms with Crippen LogP contribution in [0.15, 0.2) is 59.5 Å². The summed E-state index contributed by atoms with van der Waals surface area (Å²) in [5.74, 6) is 0. The van der Waals surface area contributed by atoms with E-state index in [0.717, 1.165) is 38.2 Å². The Bertz CT molecular complexity index is 826. The first kappa shape index (κ1) is 20.8. The van der Waals surface area contributed by atoms with Gasteiger partial charge < -0.3 is 5.32 Å². The third kappa shape index (κ3) is 5.13. The molecule has 0 radical (unpaired) electrons. The van der Waals surface area contributed by atoms with Crippen LogP contribution >= 0.6 is 0 Å². The minimum absolute atomic E-state index is 0.361. The standard InChI is InChI=1S/C22H31N3O2S/c1-3-25(4-2)28(26,27)22-12-10-20(11-13-22)23-21-14-16-24(17-15-21)18-19-8-6-5-7-9-19/h5-13,21,23H,3-4,14-18H2,1-2H3. The van der Waals surface area contributed by atoms with Gasteiger partial charge in [-0.25, -0.2) is 8.42 Å². The number of benzene rings is 2. The van der Waals surface area contributed by atoms with Crippen molar-refractivity contribution in [3.05, 3.63) is 60.2 Å². The predicted octanol–water partition coefficient (Wildman–Crippen LogP) is 3.79. The lowest BCUT2D eigenvalue weighted by atomic mass is 10.0. The van der Waals surface area contributed by atoms with Crippen molar-refractivity contribution in [3.63, 3.8) is 0 Å². The number of hydrogen-bond acceptors (Lipinski definition) is 4. The highest BCUT2D eigenvalue weighted by Crippen LogP contribution is 2.21. The summed E-state index contributed by atoms with van der Waals surface area (Å²) in [5, 5.41) is 3.57. The molecule has 1 aliphatic rings. The van der Waals surface area contributed by atoms with Gasteiger partial charge in [0.05, 0.1) is 4.90 Å². The van der Waals surface area contributed by atoms with Crippen molar-refractivity contribution in [2.45, 2.75) is 44.2 Å². The van der Waals surface area contributed by atoms with Gasteiger partial charge in [0.15, 0.2) is 0 Å². The molecule has 3 rings (SSSR count). The van der Waals surface area contributed by atoms with E-state index >= 15 is 0 Å². The summed E-state index contributed by atoms with van der Waals surface area (Å²) in [5.41, 5.74) is 2.35. The molecular formula is C22H31N3O2S. The Balaban J connectivity index is 1.53. The van der Waals surface area contributed by atoms with E-state index < -0.39 is 10.0 Å². The molecule has 0 amide bonds. The van der Waals surface area contributed by atoms with E-state index in [9.17, 15) is 8.42 Å². The van der Waals surface area contributed by atoms with Gasteiger partial charge in [-0.1, -0.05) is 44.2 Å². The first-order valence-electron chi connectivity index (χ1n) is 10.2. The van der Waals surface area contributed by atoms with Crippen LogP contribution in [0.5, 0.6) is 0 Å². The van der Waals surface area contributed by atoms with E-state index in [-0.39, 0.29) is 0 Å². The van der Waals surface area contributed by atoms with Gasteiger partial charge in [-0.2, -0.15) is 4.31 Å². The fourth-order valence-corrected chi connectivity index (χ4v) is 5.21. The number of rotatable bonds is 8. The molecule has 0 aliphatic carbocycles. The maximum atomic E-state index is 12.6. The third-order valence-electron chi connectivity index (χ3n) is 5.40. The largest absolute Gasteiger partial charge is 0.382 e. The molecular weight excluding hydrogens is 370 g/mol. The summed E-state index contributed by atoms with van der Waals surface area (Å²) in [6.45, 7) is 7.84. The van der Waals surface area contributed by atoms with Gasteiger partial charge in [-0.3, -0.25) is 4.90 Å². The number of anilines is 1. The Morgan fingerprint density at radius 1 is 0.964 bits per heavy atom. The summed E-state index contributed by atoms with van der Waals surface area (Å²) >= 11 is 0. The monoisotopic (exact) mass is 401 g/mol. The van der Waals surface area contributed by atoms with Crippen molar-refractivity contribution in [2.24, 2.45) is 0 Å². The zero-order chi connectivity index (χ0) is 20.0. The Hall–Kier alpha value is -1.89. The van der Waals surface area contributed by atoms with Crippen molar-refractivity contribution in [2.75, 3.05) is 31.5 Å². The molecule has 1 fully saturated rings. The lowest BCUT2D eigenvalue weighted by molar-refractivity contribution is 0.211. The second-order valence-electron chi connectivity index (χ2n) is 7.29. The normalized spacial score (nSPS) is 16.4. The molecule has 6 heteroatoms. The molecule has 1 saturated heterocycles. The number of sulfonamides is 1. The van der Waals surface area contributed by atoms with E-state index in [0.29, 0.717) is 24.0 Å². The summed E-state index contributed by atoms with van der Waals surface area (Å²) in [6.07, 6.45) is 2.18. The van der Waals surface area contributed by atoms with Crippen LogP contribution in [0.2, 0.25) is 0 Å². The summed E-state index contributed by atoms with van der Waals surface area (Å²) in [6, 6.07) is 18.2. The summed E-state index contributed by atoms with van der Waals surface area (Å²) in [4.78, 5) is 2.85. The van der Waals surface area contributed by atoms with E-state index in [1.165, 1.54) is 9.87 Å². The zero-order valence-electron chi connectivity index (χ0n) is 16.8. The lowest BCUT2D eigenvalue weighted by Crippen LogP contribution is -2.38. The SMILES string of the molecule is CCN(CC)S(=O)(=O)c1ccc(NC2CCN(Cc3ccccc3)CC2)cc1. The molecule has 0 spiro atoms. The topological polar surface area (TPSA) is 52.7 Å². The van der Waals surface area contributed by atoms with Crippen molar-refractivity contribution in [1.29, 1.82) is 0 Å². The van der Waals surface area contributed by atoms with Crippen molar-refractivity contribution < 1.29 is 8.42 Å². The highest BCUT2D eigenvalue weighted by molar-refractivity contribution is 7.89. The minimum Gasteiger partial charge on any atom is -0.382 e. The maximum absolute atomic E-state index is 12.6. The summed E-state index contributed by atoms with van der Waals surface area (Å²) < 4.78 is 26.6. The number of piperidine rings is 1. The molecule has 1 aliphatic heterocycles. The van der Waals surface area contributed by atoms with Crippen molar-refractivity contribution in [3.8, 4) is 0 Å². The van der Waals surface area contributed by atoms with Crippen LogP contribution in [0, 0.1) is 0 Å². The van der Waals surface area contributed by atoms with Gasteiger partial charge in [-0.05, 0) is 42.7 Å². The maximum Gasteiger partial charge on any atom is 0.243 e. The number of nitrogens with one attached hydrogen (secondary N) is 1. The average molecular weight is 402 g/mol. The highest BCUT2D eigenvalue weighted by Gasteiger charge is 2.22. The Labute approximate surface area is 169 Å². The molecule has 2 aromatic carbocycles. The van der Waals surface area contributed by atoms with Crippen LogP contribution in [0.25, 0.3) is 0 Å². The Morgan fingerprint density at radius 2 is 1.57 bits per heavy atom. The van der Waals surface area contributed by atoms with Crippen molar-refractivity contribution >= 4 is 15.7 Å².